The van der Waals surface area contributed by atoms with E-state index < -0.39 is 35.4 Å². The number of carbonyl (C=O) groups excluding carboxylic acids is 1. The second-order valence-electron chi connectivity index (χ2n) is 9.46. The van der Waals surface area contributed by atoms with Crippen molar-refractivity contribution in [3.8, 4) is 5.69 Å². The van der Waals surface area contributed by atoms with Crippen molar-refractivity contribution in [1.82, 2.24) is 9.78 Å². The minimum absolute atomic E-state index is 0.147. The monoisotopic (exact) mass is 538 g/mol. The fourth-order valence-corrected chi connectivity index (χ4v) is 4.21. The molecule has 1 aromatic heterocycles. The number of nitrogens with zero attached hydrogens (tertiary/aromatic N) is 2. The van der Waals surface area contributed by atoms with Crippen LogP contribution in [0.25, 0.3) is 5.69 Å². The average molecular weight is 539 g/mol. The van der Waals surface area contributed by atoms with Crippen molar-refractivity contribution in [2.24, 2.45) is 11.7 Å². The normalized spacial score (nSPS) is 14.3. The van der Waals surface area contributed by atoms with E-state index in [1.54, 1.807) is 18.2 Å². The first kappa shape index (κ1) is 26.6. The number of aromatic nitrogens is 2. The molecule has 1 atom stereocenters. The van der Waals surface area contributed by atoms with Crippen LogP contribution in [0, 0.1) is 11.7 Å². The summed E-state index contributed by atoms with van der Waals surface area (Å²) in [5, 5.41) is 5.99. The molecule has 1 aliphatic carbocycles. The topological polar surface area (TPSA) is 82.2 Å². The van der Waals surface area contributed by atoms with Crippen molar-refractivity contribution in [3.63, 3.8) is 0 Å². The number of hydrogen-bond donors (Lipinski definition) is 2. The molecule has 6 nitrogen and oxygen atoms in total. The number of carbonyl (C=O) groups is 1. The molecule has 1 saturated carbocycles. The molecule has 3 N–H and O–H groups in total. The first-order valence-electron chi connectivity index (χ1n) is 12.5. The largest absolute Gasteiger partial charge is 0.435 e. The summed E-state index contributed by atoms with van der Waals surface area (Å²) in [6.45, 7) is 0.700. The predicted octanol–water partition coefficient (Wildman–Crippen LogP) is 6.26. The van der Waals surface area contributed by atoms with E-state index >= 15 is 4.39 Å². The molecule has 1 amide bonds. The zero-order chi connectivity index (χ0) is 27.6. The Labute approximate surface area is 222 Å². The number of hydrogen-bond acceptors (Lipinski definition) is 4. The average Bonchev–Trinajstić information content (AvgIpc) is 3.64. The van der Waals surface area contributed by atoms with Crippen molar-refractivity contribution in [2.75, 3.05) is 11.9 Å². The van der Waals surface area contributed by atoms with Gasteiger partial charge in [0.2, 0.25) is 0 Å². The van der Waals surface area contributed by atoms with Crippen LogP contribution >= 0.6 is 0 Å². The third-order valence-corrected chi connectivity index (χ3v) is 6.47. The molecule has 1 fully saturated rings. The summed E-state index contributed by atoms with van der Waals surface area (Å²) in [5.74, 6) is -1.20. The zero-order valence-corrected chi connectivity index (χ0v) is 20.8. The third-order valence-electron chi connectivity index (χ3n) is 6.47. The highest BCUT2D eigenvalue weighted by Crippen LogP contribution is 2.35. The van der Waals surface area contributed by atoms with Gasteiger partial charge in [-0.25, -0.2) is 9.07 Å². The quantitative estimate of drug-likeness (QED) is 0.247. The lowest BCUT2D eigenvalue weighted by molar-refractivity contribution is -0.141. The van der Waals surface area contributed by atoms with Gasteiger partial charge in [-0.2, -0.15) is 18.3 Å². The highest BCUT2D eigenvalue weighted by atomic mass is 19.4. The number of halogens is 4. The molecular formula is C29H26F4N4O2. The fourth-order valence-electron chi connectivity index (χ4n) is 4.21. The van der Waals surface area contributed by atoms with E-state index in [9.17, 15) is 18.0 Å². The Morgan fingerprint density at radius 1 is 1.03 bits per heavy atom. The predicted molar refractivity (Wildman–Crippen MR) is 138 cm³/mol. The number of anilines is 1. The molecule has 5 rings (SSSR count). The summed E-state index contributed by atoms with van der Waals surface area (Å²) in [4.78, 5) is 13.1. The van der Waals surface area contributed by atoms with Crippen LogP contribution in [-0.2, 0) is 17.5 Å². The minimum Gasteiger partial charge on any atom is -0.368 e. The van der Waals surface area contributed by atoms with Crippen molar-refractivity contribution in [2.45, 2.75) is 31.7 Å². The van der Waals surface area contributed by atoms with Crippen LogP contribution in [-0.4, -0.2) is 22.3 Å². The summed E-state index contributed by atoms with van der Waals surface area (Å²) >= 11 is 0. The van der Waals surface area contributed by atoms with Gasteiger partial charge in [-0.1, -0.05) is 48.5 Å². The van der Waals surface area contributed by atoms with Gasteiger partial charge >= 0.3 is 6.18 Å². The first-order chi connectivity index (χ1) is 18.7. The number of benzene rings is 3. The van der Waals surface area contributed by atoms with E-state index in [1.807, 2.05) is 30.3 Å². The minimum atomic E-state index is -4.79. The van der Waals surface area contributed by atoms with E-state index in [4.69, 9.17) is 10.5 Å². The van der Waals surface area contributed by atoms with Crippen LogP contribution in [0.4, 0.5) is 23.2 Å². The molecule has 0 radical (unpaired) electrons. The van der Waals surface area contributed by atoms with Crippen LogP contribution in [0.3, 0.4) is 0 Å². The molecule has 1 aliphatic rings. The second-order valence-corrected chi connectivity index (χ2v) is 9.46. The molecule has 202 valence electrons. The SMILES string of the molecule is NCc1cccc(-n2nc(C(F)(F)F)cc2C(=O)Nc2ccc(C(OCC3CC3)c3ccccc3)cc2F)c1. The summed E-state index contributed by atoms with van der Waals surface area (Å²) < 4.78 is 62.7. The zero-order valence-electron chi connectivity index (χ0n) is 20.8. The molecule has 10 heteroatoms. The van der Waals surface area contributed by atoms with E-state index in [1.165, 1.54) is 24.3 Å². The Balaban J connectivity index is 1.43. The van der Waals surface area contributed by atoms with Gasteiger partial charge in [0.15, 0.2) is 5.69 Å². The lowest BCUT2D eigenvalue weighted by atomic mass is 10.0. The summed E-state index contributed by atoms with van der Waals surface area (Å²) in [6, 6.07) is 20.6. The first-order valence-corrected chi connectivity index (χ1v) is 12.5. The highest BCUT2D eigenvalue weighted by molar-refractivity contribution is 6.03. The van der Waals surface area contributed by atoms with Gasteiger partial charge in [0.25, 0.3) is 5.91 Å². The smallest absolute Gasteiger partial charge is 0.368 e. The van der Waals surface area contributed by atoms with Crippen molar-refractivity contribution in [3.05, 3.63) is 113 Å². The summed E-state index contributed by atoms with van der Waals surface area (Å²) in [5.41, 5.74) is 6.08. The van der Waals surface area contributed by atoms with E-state index in [2.05, 4.69) is 10.4 Å². The van der Waals surface area contributed by atoms with Crippen LogP contribution in [0.2, 0.25) is 0 Å². The Morgan fingerprint density at radius 2 is 1.79 bits per heavy atom. The number of alkyl halides is 3. The van der Waals surface area contributed by atoms with Gasteiger partial charge in [-0.3, -0.25) is 4.79 Å². The summed E-state index contributed by atoms with van der Waals surface area (Å²) in [7, 11) is 0. The van der Waals surface area contributed by atoms with Gasteiger partial charge in [-0.15, -0.1) is 0 Å². The molecule has 1 heterocycles. The fraction of sp³-hybridized carbons (Fsp3) is 0.241. The number of rotatable bonds is 9. The van der Waals surface area contributed by atoms with Gasteiger partial charge in [0, 0.05) is 12.6 Å². The lowest BCUT2D eigenvalue weighted by Gasteiger charge is -2.20. The van der Waals surface area contributed by atoms with Crippen molar-refractivity contribution in [1.29, 1.82) is 0 Å². The van der Waals surface area contributed by atoms with Crippen LogP contribution < -0.4 is 11.1 Å². The van der Waals surface area contributed by atoms with Crippen molar-refractivity contribution < 1.29 is 27.1 Å². The molecule has 0 bridgehead atoms. The molecule has 1 unspecified atom stereocenters. The number of nitrogens with two attached hydrogens (primary N) is 1. The Morgan fingerprint density at radius 3 is 2.46 bits per heavy atom. The van der Waals surface area contributed by atoms with Crippen LogP contribution in [0.15, 0.2) is 78.9 Å². The van der Waals surface area contributed by atoms with E-state index in [0.717, 1.165) is 23.1 Å². The lowest BCUT2D eigenvalue weighted by Crippen LogP contribution is -2.18. The number of nitrogens with one attached hydrogen (secondary N) is 1. The molecule has 3 aromatic carbocycles. The Kier molecular flexibility index (Phi) is 7.49. The van der Waals surface area contributed by atoms with Gasteiger partial charge in [0.1, 0.15) is 17.6 Å². The highest BCUT2D eigenvalue weighted by Gasteiger charge is 2.36. The Bertz CT molecular complexity index is 1470. The molecule has 39 heavy (non-hydrogen) atoms. The maximum atomic E-state index is 15.2. The number of amides is 1. The standard InChI is InChI=1S/C29H26F4N4O2/c30-23-14-21(27(39-17-18-9-10-18)20-6-2-1-3-7-20)11-12-24(23)35-28(38)25-15-26(29(31,32)33)36-37(25)22-8-4-5-19(13-22)16-34/h1-8,11-15,18,27H,9-10,16-17,34H2,(H,35,38). The molecule has 0 spiro atoms. The van der Waals surface area contributed by atoms with Crippen LogP contribution in [0.1, 0.15) is 51.8 Å². The molecule has 0 saturated heterocycles. The van der Waals surface area contributed by atoms with Crippen molar-refractivity contribution >= 4 is 11.6 Å². The van der Waals surface area contributed by atoms with Crippen LogP contribution in [0.5, 0.6) is 0 Å². The maximum Gasteiger partial charge on any atom is 0.435 e. The second kappa shape index (κ2) is 11.0. The molecular weight excluding hydrogens is 512 g/mol. The molecule has 0 aliphatic heterocycles. The van der Waals surface area contributed by atoms with E-state index in [-0.39, 0.29) is 17.9 Å². The third kappa shape index (κ3) is 6.18. The number of ether oxygens (including phenoxy) is 1. The Hall–Kier alpha value is -4.02. The van der Waals surface area contributed by atoms with Gasteiger partial charge in [0.05, 0.1) is 18.0 Å². The van der Waals surface area contributed by atoms with E-state index in [0.29, 0.717) is 29.7 Å². The maximum absolute atomic E-state index is 15.2. The molecule has 4 aromatic rings. The summed E-state index contributed by atoms with van der Waals surface area (Å²) in [6.07, 6.45) is -3.09. The van der Waals surface area contributed by atoms with Gasteiger partial charge in [-0.05, 0) is 59.7 Å². The van der Waals surface area contributed by atoms with Gasteiger partial charge < -0.3 is 15.8 Å².